The molecule has 1 amide bonds. The number of carbonyl (C=O) groups excluding carboxylic acids is 1. The Morgan fingerprint density at radius 2 is 1.97 bits per heavy atom. The number of rotatable bonds is 4. The number of carbonyl (C=O) groups is 1. The van der Waals surface area contributed by atoms with Gasteiger partial charge in [-0.25, -0.2) is 0 Å². The fraction of sp³-hybridized carbons (Fsp3) is 0.136. The molecule has 0 atom stereocenters. The molecular formula is C22H22ClN5O. The molecule has 1 heterocycles. The number of terminal acetylenes is 1. The van der Waals surface area contributed by atoms with E-state index in [0.717, 1.165) is 16.9 Å². The van der Waals surface area contributed by atoms with Gasteiger partial charge < -0.3 is 15.2 Å². The number of benzene rings is 2. The van der Waals surface area contributed by atoms with Crippen molar-refractivity contribution >= 4 is 28.9 Å². The molecule has 0 saturated carbocycles. The maximum absolute atomic E-state index is 10.6. The minimum atomic E-state index is -0.0801. The number of hydrogen-bond donors (Lipinski definition) is 3. The number of nitrogens with one attached hydrogen (secondary N) is 3. The molecule has 3 rings (SSSR count). The predicted octanol–water partition coefficient (Wildman–Crippen LogP) is 4.02. The third-order valence-electron chi connectivity index (χ3n) is 3.79. The van der Waals surface area contributed by atoms with Crippen LogP contribution in [0, 0.1) is 24.7 Å². The fourth-order valence-electron chi connectivity index (χ4n) is 2.33. The van der Waals surface area contributed by atoms with Crippen LogP contribution in [0.25, 0.3) is 0 Å². The minimum Gasteiger partial charge on any atom is -0.367 e. The van der Waals surface area contributed by atoms with E-state index in [-0.39, 0.29) is 5.91 Å². The molecule has 1 aromatic heterocycles. The van der Waals surface area contributed by atoms with Crippen molar-refractivity contribution in [3.8, 4) is 12.3 Å². The first-order valence-corrected chi connectivity index (χ1v) is 9.17. The van der Waals surface area contributed by atoms with Gasteiger partial charge in [0.2, 0.25) is 5.91 Å². The van der Waals surface area contributed by atoms with Crippen LogP contribution in [0.5, 0.6) is 0 Å². The average molecular weight is 408 g/mol. The van der Waals surface area contributed by atoms with Crippen LogP contribution < -0.4 is 16.1 Å². The highest BCUT2D eigenvalue weighted by Gasteiger charge is 1.97. The molecular weight excluding hydrogens is 386 g/mol. The van der Waals surface area contributed by atoms with E-state index in [4.69, 9.17) is 23.4 Å². The molecule has 29 heavy (non-hydrogen) atoms. The molecule has 0 fully saturated rings. The van der Waals surface area contributed by atoms with E-state index < -0.39 is 0 Å². The maximum atomic E-state index is 10.6. The lowest BCUT2D eigenvalue weighted by molar-refractivity contribution is -0.114. The van der Waals surface area contributed by atoms with Crippen molar-refractivity contribution in [3.05, 3.63) is 82.7 Å². The van der Waals surface area contributed by atoms with Crippen LogP contribution in [-0.2, 0) is 11.5 Å². The highest BCUT2D eigenvalue weighted by Crippen LogP contribution is 2.14. The second-order valence-corrected chi connectivity index (χ2v) is 6.52. The van der Waals surface area contributed by atoms with Gasteiger partial charge in [0.05, 0.1) is 12.4 Å². The van der Waals surface area contributed by atoms with E-state index in [1.165, 1.54) is 6.92 Å². The highest BCUT2D eigenvalue weighted by atomic mass is 35.5. The molecule has 0 aliphatic carbocycles. The van der Waals surface area contributed by atoms with Crippen molar-refractivity contribution < 1.29 is 4.79 Å². The van der Waals surface area contributed by atoms with Crippen molar-refractivity contribution in [3.63, 3.8) is 0 Å². The average Bonchev–Trinajstić information content (AvgIpc) is 2.70. The molecule has 0 saturated heterocycles. The first kappa shape index (κ1) is 21.7. The summed E-state index contributed by atoms with van der Waals surface area (Å²) < 4.78 is 1.78. The number of nitrogens with zero attached hydrogens (tertiary/aromatic N) is 2. The summed E-state index contributed by atoms with van der Waals surface area (Å²) in [6.07, 6.45) is 8.62. The molecule has 7 heteroatoms. The largest absolute Gasteiger partial charge is 0.367 e. The third kappa shape index (κ3) is 7.17. The van der Waals surface area contributed by atoms with Crippen LogP contribution in [-0.4, -0.2) is 15.5 Å². The zero-order valence-corrected chi connectivity index (χ0v) is 17.0. The summed E-state index contributed by atoms with van der Waals surface area (Å²) in [5.41, 5.74) is 3.62. The van der Waals surface area contributed by atoms with E-state index in [0.29, 0.717) is 22.9 Å². The van der Waals surface area contributed by atoms with Crippen molar-refractivity contribution in [2.24, 2.45) is 0 Å². The number of aryl methyl sites for hydroxylation is 1. The molecule has 6 nitrogen and oxygen atoms in total. The molecule has 0 spiro atoms. The van der Waals surface area contributed by atoms with Crippen molar-refractivity contribution in [2.45, 2.75) is 20.5 Å². The van der Waals surface area contributed by atoms with E-state index in [2.05, 4.69) is 21.5 Å². The molecule has 3 N–H and O–H groups in total. The number of hydrogen-bond acceptors (Lipinski definition) is 4. The Labute approximate surface area is 175 Å². The first-order valence-electron chi connectivity index (χ1n) is 8.79. The monoisotopic (exact) mass is 407 g/mol. The minimum absolute atomic E-state index is 0.0801. The van der Waals surface area contributed by atoms with Gasteiger partial charge in [-0.2, -0.15) is 0 Å². The van der Waals surface area contributed by atoms with E-state index in [1.54, 1.807) is 41.2 Å². The Kier molecular flexibility index (Phi) is 8.01. The second kappa shape index (κ2) is 10.7. The molecule has 3 aromatic rings. The second-order valence-electron chi connectivity index (χ2n) is 6.08. The first-order chi connectivity index (χ1) is 13.9. The summed E-state index contributed by atoms with van der Waals surface area (Å²) in [5.74, 6) is 2.41. The standard InChI is InChI=1S/C12H13ClN4.C10H9NO/c1-9-12(14)17(6-5-15-9)8-16-11-4-2-3-10(13)7-11;1-3-9-4-6-10(7-5-9)11-8(2)12/h2-7,14,16H,8H2,1H3;1,4-7H,2H3,(H,11,12). The van der Waals surface area contributed by atoms with Gasteiger partial charge >= 0.3 is 0 Å². The van der Waals surface area contributed by atoms with Crippen LogP contribution in [0.3, 0.4) is 0 Å². The van der Waals surface area contributed by atoms with Crippen LogP contribution in [0.2, 0.25) is 5.02 Å². The summed E-state index contributed by atoms with van der Waals surface area (Å²) in [6, 6.07) is 14.6. The Morgan fingerprint density at radius 1 is 1.24 bits per heavy atom. The van der Waals surface area contributed by atoms with E-state index in [9.17, 15) is 4.79 Å². The summed E-state index contributed by atoms with van der Waals surface area (Å²) >= 11 is 5.89. The summed E-state index contributed by atoms with van der Waals surface area (Å²) in [7, 11) is 0. The van der Waals surface area contributed by atoms with Gasteiger partial charge in [0, 0.05) is 41.3 Å². The summed E-state index contributed by atoms with van der Waals surface area (Å²) in [5, 5.41) is 14.4. The quantitative estimate of drug-likeness (QED) is 0.571. The van der Waals surface area contributed by atoms with Gasteiger partial charge in [0.15, 0.2) is 0 Å². The molecule has 0 radical (unpaired) electrons. The fourth-order valence-corrected chi connectivity index (χ4v) is 2.52. The molecule has 0 aliphatic heterocycles. The van der Waals surface area contributed by atoms with Crippen LogP contribution >= 0.6 is 11.6 Å². The summed E-state index contributed by atoms with van der Waals surface area (Å²) in [6.45, 7) is 3.80. The summed E-state index contributed by atoms with van der Waals surface area (Å²) in [4.78, 5) is 14.7. The van der Waals surface area contributed by atoms with Crippen molar-refractivity contribution in [1.82, 2.24) is 9.55 Å². The molecule has 2 aromatic carbocycles. The number of anilines is 2. The van der Waals surface area contributed by atoms with Crippen LogP contribution in [0.4, 0.5) is 11.4 Å². The third-order valence-corrected chi connectivity index (χ3v) is 4.03. The SMILES string of the molecule is C#Cc1ccc(NC(C)=O)cc1.Cc1nccn(CNc2cccc(Cl)c2)c1=N. The Morgan fingerprint density at radius 3 is 2.59 bits per heavy atom. The van der Waals surface area contributed by atoms with E-state index in [1.807, 2.05) is 31.2 Å². The zero-order chi connectivity index (χ0) is 21.2. The van der Waals surface area contributed by atoms with Crippen LogP contribution in [0.1, 0.15) is 18.2 Å². The number of amides is 1. The molecule has 148 valence electrons. The predicted molar refractivity (Wildman–Crippen MR) is 117 cm³/mol. The van der Waals surface area contributed by atoms with Crippen LogP contribution in [0.15, 0.2) is 60.9 Å². The Bertz CT molecular complexity index is 1070. The Hall–Kier alpha value is -3.56. The lowest BCUT2D eigenvalue weighted by Gasteiger charge is -2.10. The zero-order valence-electron chi connectivity index (χ0n) is 16.2. The molecule has 0 bridgehead atoms. The number of aromatic nitrogens is 2. The maximum Gasteiger partial charge on any atom is 0.221 e. The lowest BCUT2D eigenvalue weighted by atomic mass is 10.2. The van der Waals surface area contributed by atoms with E-state index >= 15 is 0 Å². The van der Waals surface area contributed by atoms with Crippen molar-refractivity contribution in [2.75, 3.05) is 10.6 Å². The molecule has 0 aliphatic rings. The highest BCUT2D eigenvalue weighted by molar-refractivity contribution is 6.30. The molecule has 0 unspecified atom stereocenters. The van der Waals surface area contributed by atoms with Gasteiger partial charge in [0.1, 0.15) is 5.49 Å². The van der Waals surface area contributed by atoms with Gasteiger partial charge in [-0.1, -0.05) is 23.6 Å². The smallest absolute Gasteiger partial charge is 0.221 e. The lowest BCUT2D eigenvalue weighted by Crippen LogP contribution is -2.25. The van der Waals surface area contributed by atoms with Crippen molar-refractivity contribution in [1.29, 1.82) is 5.41 Å². The normalized spacial score (nSPS) is 9.59. The van der Waals surface area contributed by atoms with Gasteiger partial charge in [0.25, 0.3) is 0 Å². The van der Waals surface area contributed by atoms with Gasteiger partial charge in [-0.3, -0.25) is 15.2 Å². The van der Waals surface area contributed by atoms with Gasteiger partial charge in [-0.05, 0) is 49.4 Å². The topological polar surface area (TPSA) is 82.8 Å². The van der Waals surface area contributed by atoms with Gasteiger partial charge in [-0.15, -0.1) is 6.42 Å². The Balaban J connectivity index is 0.000000221. The number of halogens is 1.